The molecule has 78 valence electrons. The minimum atomic E-state index is -0.617. The summed E-state index contributed by atoms with van der Waals surface area (Å²) in [6.07, 6.45) is 1.49. The van der Waals surface area contributed by atoms with E-state index in [1.165, 1.54) is 6.20 Å². The first-order valence-electron chi connectivity index (χ1n) is 4.49. The number of aromatic amines is 1. The van der Waals surface area contributed by atoms with Crippen LogP contribution in [0.3, 0.4) is 0 Å². The fourth-order valence-electron chi connectivity index (χ4n) is 1.55. The van der Waals surface area contributed by atoms with Gasteiger partial charge in [-0.05, 0) is 17.3 Å². The molecule has 0 spiro atoms. The molecular formula is C9H5N5O2. The SMILES string of the molecule is O=C1Nc2cc(-c3ccnnn3)[nH]c2C1=O. The molecule has 1 amide bonds. The molecule has 1 aliphatic rings. The fourth-order valence-corrected chi connectivity index (χ4v) is 1.55. The predicted molar refractivity (Wildman–Crippen MR) is 52.6 cm³/mol. The Balaban J connectivity index is 2.09. The number of ketones is 1. The van der Waals surface area contributed by atoms with Crippen molar-refractivity contribution in [2.24, 2.45) is 0 Å². The Morgan fingerprint density at radius 2 is 2.12 bits per heavy atom. The maximum absolute atomic E-state index is 11.3. The Bertz CT molecular complexity index is 589. The van der Waals surface area contributed by atoms with Crippen molar-refractivity contribution in [1.29, 1.82) is 0 Å². The highest BCUT2D eigenvalue weighted by atomic mass is 16.2. The molecule has 0 saturated carbocycles. The lowest BCUT2D eigenvalue weighted by molar-refractivity contribution is -0.112. The first-order chi connectivity index (χ1) is 7.75. The number of hydrogen-bond acceptors (Lipinski definition) is 5. The van der Waals surface area contributed by atoms with E-state index in [4.69, 9.17) is 0 Å². The van der Waals surface area contributed by atoms with Gasteiger partial charge in [0.2, 0.25) is 0 Å². The van der Waals surface area contributed by atoms with Gasteiger partial charge in [0.15, 0.2) is 0 Å². The van der Waals surface area contributed by atoms with Gasteiger partial charge in [0.25, 0.3) is 11.7 Å². The Morgan fingerprint density at radius 1 is 1.25 bits per heavy atom. The summed E-state index contributed by atoms with van der Waals surface area (Å²) < 4.78 is 0. The summed E-state index contributed by atoms with van der Waals surface area (Å²) in [4.78, 5) is 25.2. The third kappa shape index (κ3) is 1.11. The van der Waals surface area contributed by atoms with E-state index >= 15 is 0 Å². The molecule has 0 aromatic carbocycles. The summed E-state index contributed by atoms with van der Waals surface area (Å²) in [5.74, 6) is -1.18. The molecule has 0 radical (unpaired) electrons. The van der Waals surface area contributed by atoms with Crippen LogP contribution in [0, 0.1) is 0 Å². The maximum atomic E-state index is 11.3. The number of nitrogens with one attached hydrogen (secondary N) is 2. The van der Waals surface area contributed by atoms with Crippen molar-refractivity contribution < 1.29 is 9.59 Å². The number of amides is 1. The van der Waals surface area contributed by atoms with Crippen LogP contribution in [0.5, 0.6) is 0 Å². The number of carbonyl (C=O) groups is 2. The van der Waals surface area contributed by atoms with Crippen molar-refractivity contribution in [1.82, 2.24) is 20.4 Å². The largest absolute Gasteiger partial charge is 0.349 e. The zero-order valence-electron chi connectivity index (χ0n) is 7.89. The van der Waals surface area contributed by atoms with Crippen LogP contribution in [0.2, 0.25) is 0 Å². The first kappa shape index (κ1) is 8.72. The second-order valence-electron chi connectivity index (χ2n) is 3.26. The van der Waals surface area contributed by atoms with Crippen LogP contribution >= 0.6 is 0 Å². The van der Waals surface area contributed by atoms with Crippen LogP contribution in [-0.2, 0) is 4.79 Å². The van der Waals surface area contributed by atoms with Crippen molar-refractivity contribution >= 4 is 17.4 Å². The number of carbonyl (C=O) groups excluding carboxylic acids is 2. The lowest BCUT2D eigenvalue weighted by Gasteiger charge is -1.94. The summed E-state index contributed by atoms with van der Waals surface area (Å²) in [6.45, 7) is 0. The van der Waals surface area contributed by atoms with Gasteiger partial charge in [0.1, 0.15) is 11.4 Å². The molecule has 7 heteroatoms. The van der Waals surface area contributed by atoms with E-state index in [1.54, 1.807) is 12.1 Å². The van der Waals surface area contributed by atoms with Crippen LogP contribution in [0.1, 0.15) is 10.5 Å². The standard InChI is InChI=1S/C9H5N5O2/c15-8-7-6(12-9(8)16)3-5(11-7)4-1-2-10-14-13-4/h1-3,11H,(H,12,15,16). The number of Topliss-reactive ketones (excluding diaryl/α,β-unsaturated/α-hetero) is 1. The van der Waals surface area contributed by atoms with Crippen LogP contribution in [0.15, 0.2) is 18.3 Å². The summed E-state index contributed by atoms with van der Waals surface area (Å²) in [5, 5.41) is 13.3. The molecular weight excluding hydrogens is 210 g/mol. The zero-order chi connectivity index (χ0) is 11.1. The normalized spacial score (nSPS) is 13.8. The molecule has 0 aliphatic carbocycles. The van der Waals surface area contributed by atoms with Gasteiger partial charge in [-0.25, -0.2) is 0 Å². The Labute approximate surface area is 88.9 Å². The Morgan fingerprint density at radius 3 is 2.81 bits per heavy atom. The number of rotatable bonds is 1. The first-order valence-corrected chi connectivity index (χ1v) is 4.49. The van der Waals surface area contributed by atoms with Crippen molar-refractivity contribution in [2.75, 3.05) is 5.32 Å². The minimum absolute atomic E-state index is 0.263. The highest BCUT2D eigenvalue weighted by Gasteiger charge is 2.30. The average Bonchev–Trinajstić information content (AvgIpc) is 2.82. The zero-order valence-corrected chi connectivity index (χ0v) is 7.89. The summed E-state index contributed by atoms with van der Waals surface area (Å²) in [6, 6.07) is 3.29. The quantitative estimate of drug-likeness (QED) is 0.652. The minimum Gasteiger partial charge on any atom is -0.349 e. The third-order valence-electron chi connectivity index (χ3n) is 2.28. The number of anilines is 1. The lowest BCUT2D eigenvalue weighted by atomic mass is 10.3. The van der Waals surface area contributed by atoms with Gasteiger partial charge in [-0.1, -0.05) is 0 Å². The van der Waals surface area contributed by atoms with Crippen molar-refractivity contribution in [3.05, 3.63) is 24.0 Å². The smallest absolute Gasteiger partial charge is 0.298 e. The van der Waals surface area contributed by atoms with E-state index in [9.17, 15) is 9.59 Å². The Hall–Kier alpha value is -2.57. The van der Waals surface area contributed by atoms with Gasteiger partial charge in [-0.2, -0.15) is 0 Å². The summed E-state index contributed by atoms with van der Waals surface area (Å²) in [7, 11) is 0. The molecule has 2 aromatic heterocycles. The van der Waals surface area contributed by atoms with Crippen molar-refractivity contribution in [3.63, 3.8) is 0 Å². The highest BCUT2D eigenvalue weighted by molar-refractivity contribution is 6.51. The van der Waals surface area contributed by atoms with Gasteiger partial charge < -0.3 is 10.3 Å². The molecule has 1 aliphatic heterocycles. The van der Waals surface area contributed by atoms with Crippen LogP contribution in [-0.4, -0.2) is 32.1 Å². The van der Waals surface area contributed by atoms with E-state index < -0.39 is 11.7 Å². The van der Waals surface area contributed by atoms with Gasteiger partial charge in [0.05, 0.1) is 17.6 Å². The molecule has 7 nitrogen and oxygen atoms in total. The fraction of sp³-hybridized carbons (Fsp3) is 0. The molecule has 0 atom stereocenters. The second kappa shape index (κ2) is 2.96. The molecule has 0 fully saturated rings. The van der Waals surface area contributed by atoms with Gasteiger partial charge in [-0.15, -0.1) is 10.2 Å². The summed E-state index contributed by atoms with van der Waals surface area (Å²) in [5.41, 5.74) is 1.92. The van der Waals surface area contributed by atoms with Crippen molar-refractivity contribution in [3.8, 4) is 11.4 Å². The highest BCUT2D eigenvalue weighted by Crippen LogP contribution is 2.27. The van der Waals surface area contributed by atoms with Gasteiger partial charge in [-0.3, -0.25) is 9.59 Å². The summed E-state index contributed by atoms with van der Waals surface area (Å²) >= 11 is 0. The molecule has 0 bridgehead atoms. The molecule has 2 N–H and O–H groups in total. The number of hydrogen-bond donors (Lipinski definition) is 2. The molecule has 2 aromatic rings. The number of aromatic nitrogens is 4. The number of H-pyrrole nitrogens is 1. The van der Waals surface area contributed by atoms with E-state index in [2.05, 4.69) is 25.7 Å². The molecule has 3 rings (SSSR count). The molecule has 3 heterocycles. The van der Waals surface area contributed by atoms with Gasteiger partial charge >= 0.3 is 0 Å². The number of fused-ring (bicyclic) bond motifs is 1. The topological polar surface area (TPSA) is 101 Å². The van der Waals surface area contributed by atoms with Crippen LogP contribution in [0.25, 0.3) is 11.4 Å². The van der Waals surface area contributed by atoms with Crippen LogP contribution in [0.4, 0.5) is 5.69 Å². The molecule has 0 saturated heterocycles. The second-order valence-corrected chi connectivity index (χ2v) is 3.26. The maximum Gasteiger partial charge on any atom is 0.298 e. The number of nitrogens with zero attached hydrogens (tertiary/aromatic N) is 3. The Kier molecular flexibility index (Phi) is 1.61. The van der Waals surface area contributed by atoms with E-state index in [0.717, 1.165) is 0 Å². The lowest BCUT2D eigenvalue weighted by Crippen LogP contribution is -2.13. The van der Waals surface area contributed by atoms with E-state index in [-0.39, 0.29) is 5.69 Å². The van der Waals surface area contributed by atoms with Gasteiger partial charge in [0, 0.05) is 0 Å². The van der Waals surface area contributed by atoms with E-state index in [0.29, 0.717) is 17.1 Å². The molecule has 16 heavy (non-hydrogen) atoms. The third-order valence-corrected chi connectivity index (χ3v) is 2.28. The monoisotopic (exact) mass is 215 g/mol. The molecule has 0 unspecified atom stereocenters. The average molecular weight is 215 g/mol. The predicted octanol–water partition coefficient (Wildman–Crippen LogP) is 0.00150. The van der Waals surface area contributed by atoms with E-state index in [1.807, 2.05) is 0 Å². The van der Waals surface area contributed by atoms with Crippen LogP contribution < -0.4 is 5.32 Å². The van der Waals surface area contributed by atoms with Crippen molar-refractivity contribution in [2.45, 2.75) is 0 Å².